The molecule has 0 aliphatic heterocycles. The fraction of sp³-hybridized carbons (Fsp3) is 0.250. The Hall–Kier alpha value is -2.64. The number of alkyl halides is 3. The maximum absolute atomic E-state index is 13.5. The second kappa shape index (κ2) is 6.86. The Labute approximate surface area is 135 Å². The molecule has 0 fully saturated rings. The lowest BCUT2D eigenvalue weighted by atomic mass is 10.2. The number of benzene rings is 1. The normalized spacial score (nSPS) is 11.4. The first-order valence-electron chi connectivity index (χ1n) is 7.24. The summed E-state index contributed by atoms with van der Waals surface area (Å²) < 4.78 is 54.8. The summed E-state index contributed by atoms with van der Waals surface area (Å²) in [6, 6.07) is 3.18. The van der Waals surface area contributed by atoms with Crippen LogP contribution in [0.2, 0.25) is 0 Å². The summed E-state index contributed by atoms with van der Waals surface area (Å²) in [6.45, 7) is -0.148. The number of halogens is 4. The van der Waals surface area contributed by atoms with Crippen LogP contribution in [0, 0.1) is 5.82 Å². The van der Waals surface area contributed by atoms with Gasteiger partial charge in [-0.15, -0.1) is 0 Å². The van der Waals surface area contributed by atoms with E-state index in [1.54, 1.807) is 23.2 Å². The molecule has 0 saturated heterocycles. The van der Waals surface area contributed by atoms with Crippen molar-refractivity contribution >= 4 is 0 Å². The van der Waals surface area contributed by atoms with E-state index in [0.29, 0.717) is 18.1 Å². The zero-order valence-electron chi connectivity index (χ0n) is 12.5. The minimum absolute atomic E-state index is 0.204. The van der Waals surface area contributed by atoms with Crippen molar-refractivity contribution < 1.29 is 17.6 Å². The van der Waals surface area contributed by atoms with Crippen molar-refractivity contribution in [1.29, 1.82) is 0 Å². The Morgan fingerprint density at radius 3 is 2.71 bits per heavy atom. The zero-order chi connectivity index (χ0) is 17.1. The van der Waals surface area contributed by atoms with Crippen LogP contribution in [0.25, 0.3) is 5.69 Å². The topological polar surface area (TPSA) is 35.6 Å². The van der Waals surface area contributed by atoms with Gasteiger partial charge in [0.2, 0.25) is 0 Å². The predicted molar refractivity (Wildman–Crippen MR) is 79.5 cm³/mol. The lowest BCUT2D eigenvalue weighted by molar-refractivity contribution is 0.151. The van der Waals surface area contributed by atoms with E-state index in [-0.39, 0.29) is 17.7 Å². The number of nitrogens with zero attached hydrogens (tertiary/aromatic N) is 4. The van der Waals surface area contributed by atoms with Crippen LogP contribution in [-0.2, 0) is 13.0 Å². The van der Waals surface area contributed by atoms with Gasteiger partial charge in [-0.05, 0) is 18.2 Å². The molecule has 0 aliphatic carbocycles. The van der Waals surface area contributed by atoms with Crippen LogP contribution in [0.1, 0.15) is 23.5 Å². The van der Waals surface area contributed by atoms with E-state index < -0.39 is 18.9 Å². The number of aromatic nitrogens is 4. The molecule has 0 amide bonds. The van der Waals surface area contributed by atoms with Crippen molar-refractivity contribution in [1.82, 2.24) is 19.1 Å². The third-order valence-electron chi connectivity index (χ3n) is 3.54. The smallest absolute Gasteiger partial charge is 0.264 e. The summed E-state index contributed by atoms with van der Waals surface area (Å²) >= 11 is 0. The molecule has 126 valence electrons. The van der Waals surface area contributed by atoms with E-state index in [2.05, 4.69) is 9.97 Å². The third-order valence-corrected chi connectivity index (χ3v) is 3.54. The Morgan fingerprint density at radius 2 is 1.96 bits per heavy atom. The maximum Gasteiger partial charge on any atom is 0.264 e. The van der Waals surface area contributed by atoms with Crippen molar-refractivity contribution in [3.8, 4) is 5.69 Å². The molecule has 0 N–H and O–H groups in total. The van der Waals surface area contributed by atoms with Crippen molar-refractivity contribution in [2.45, 2.75) is 19.4 Å². The molecule has 0 radical (unpaired) electrons. The van der Waals surface area contributed by atoms with Gasteiger partial charge in [0.05, 0.1) is 25.2 Å². The Balaban J connectivity index is 1.84. The highest BCUT2D eigenvalue weighted by atomic mass is 19.3. The molecule has 2 heterocycles. The fourth-order valence-corrected chi connectivity index (χ4v) is 2.43. The summed E-state index contributed by atoms with van der Waals surface area (Å²) in [5.74, 6) is -0.143. The van der Waals surface area contributed by atoms with E-state index in [1.165, 1.54) is 17.0 Å². The molecule has 8 heteroatoms. The molecule has 0 saturated carbocycles. The van der Waals surface area contributed by atoms with E-state index in [9.17, 15) is 17.6 Å². The number of aryl methyl sites for hydroxylation is 1. The first kappa shape index (κ1) is 16.2. The van der Waals surface area contributed by atoms with Gasteiger partial charge in [0.1, 0.15) is 11.6 Å². The molecular formula is C16H14F4N4. The van der Waals surface area contributed by atoms with E-state index >= 15 is 0 Å². The largest absolute Gasteiger partial charge is 0.329 e. The minimum atomic E-state index is -2.75. The monoisotopic (exact) mass is 338 g/mol. The molecule has 3 aromatic rings. The second-order valence-corrected chi connectivity index (χ2v) is 5.23. The van der Waals surface area contributed by atoms with Gasteiger partial charge in [0.15, 0.2) is 0 Å². The summed E-state index contributed by atoms with van der Waals surface area (Å²) in [7, 11) is 0. The van der Waals surface area contributed by atoms with Gasteiger partial charge in [-0.1, -0.05) is 0 Å². The third kappa shape index (κ3) is 3.47. The van der Waals surface area contributed by atoms with Gasteiger partial charge in [-0.3, -0.25) is 4.39 Å². The summed E-state index contributed by atoms with van der Waals surface area (Å²) in [4.78, 5) is 8.25. The standard InChI is InChI=1S/C16H14F4N4/c17-2-1-15-21-3-4-23(15)8-13-9-24(10-22-13)14-6-11(16(19)20)5-12(18)7-14/h3-7,9-10,16H,1-2,8H2. The molecule has 0 unspecified atom stereocenters. The van der Waals surface area contributed by atoms with Crippen molar-refractivity contribution in [2.24, 2.45) is 0 Å². The van der Waals surface area contributed by atoms with Crippen molar-refractivity contribution in [3.63, 3.8) is 0 Å². The SMILES string of the molecule is FCCc1nccn1Cc1cn(-c2cc(F)cc(C(F)F)c2)cn1. The minimum Gasteiger partial charge on any atom is -0.329 e. The number of hydrogen-bond donors (Lipinski definition) is 0. The number of hydrogen-bond acceptors (Lipinski definition) is 2. The first-order valence-corrected chi connectivity index (χ1v) is 7.24. The van der Waals surface area contributed by atoms with Crippen LogP contribution in [0.4, 0.5) is 17.6 Å². The quantitative estimate of drug-likeness (QED) is 0.643. The molecule has 24 heavy (non-hydrogen) atoms. The van der Waals surface area contributed by atoms with Crippen molar-refractivity contribution in [3.05, 3.63) is 66.0 Å². The highest BCUT2D eigenvalue weighted by Crippen LogP contribution is 2.23. The number of imidazole rings is 2. The summed E-state index contributed by atoms with van der Waals surface area (Å²) in [6.07, 6.45) is 3.77. The molecule has 2 aromatic heterocycles. The van der Waals surface area contributed by atoms with Crippen LogP contribution < -0.4 is 0 Å². The summed E-state index contributed by atoms with van der Waals surface area (Å²) in [5, 5.41) is 0. The van der Waals surface area contributed by atoms with Gasteiger partial charge in [0.25, 0.3) is 6.43 Å². The maximum atomic E-state index is 13.5. The highest BCUT2D eigenvalue weighted by molar-refractivity contribution is 5.37. The first-order chi connectivity index (χ1) is 11.6. The lowest BCUT2D eigenvalue weighted by Crippen LogP contribution is -2.05. The number of rotatable bonds is 6. The Bertz CT molecular complexity index is 825. The van der Waals surface area contributed by atoms with Gasteiger partial charge in [-0.25, -0.2) is 23.1 Å². The molecule has 3 rings (SSSR count). The average molecular weight is 338 g/mol. The van der Waals surface area contributed by atoms with Gasteiger partial charge in [0, 0.05) is 36.3 Å². The highest BCUT2D eigenvalue weighted by Gasteiger charge is 2.12. The molecule has 0 atom stereocenters. The van der Waals surface area contributed by atoms with Crippen molar-refractivity contribution in [2.75, 3.05) is 6.67 Å². The van der Waals surface area contributed by atoms with Gasteiger partial charge in [-0.2, -0.15) is 0 Å². The Kier molecular flexibility index (Phi) is 4.64. The van der Waals surface area contributed by atoms with E-state index in [4.69, 9.17) is 0 Å². The molecule has 0 bridgehead atoms. The van der Waals surface area contributed by atoms with E-state index in [1.807, 2.05) is 0 Å². The van der Waals surface area contributed by atoms with Crippen LogP contribution in [0.3, 0.4) is 0 Å². The average Bonchev–Trinajstić information content (AvgIpc) is 3.18. The Morgan fingerprint density at radius 1 is 1.12 bits per heavy atom. The van der Waals surface area contributed by atoms with Crippen LogP contribution in [-0.4, -0.2) is 25.8 Å². The second-order valence-electron chi connectivity index (χ2n) is 5.23. The lowest BCUT2D eigenvalue weighted by Gasteiger charge is -2.06. The molecular weight excluding hydrogens is 324 g/mol. The molecule has 4 nitrogen and oxygen atoms in total. The van der Waals surface area contributed by atoms with Gasteiger partial charge < -0.3 is 9.13 Å². The summed E-state index contributed by atoms with van der Waals surface area (Å²) in [5.41, 5.74) is 0.495. The predicted octanol–water partition coefficient (Wildman–Crippen LogP) is 3.71. The fourth-order valence-electron chi connectivity index (χ4n) is 2.43. The molecule has 0 aliphatic rings. The zero-order valence-corrected chi connectivity index (χ0v) is 12.5. The van der Waals surface area contributed by atoms with Crippen LogP contribution in [0.5, 0.6) is 0 Å². The van der Waals surface area contributed by atoms with Crippen LogP contribution >= 0.6 is 0 Å². The molecule has 0 spiro atoms. The van der Waals surface area contributed by atoms with Crippen LogP contribution in [0.15, 0.2) is 43.1 Å². The van der Waals surface area contributed by atoms with E-state index in [0.717, 1.165) is 12.1 Å². The van der Waals surface area contributed by atoms with Gasteiger partial charge >= 0.3 is 0 Å². The molecule has 1 aromatic carbocycles.